The Morgan fingerprint density at radius 2 is 2.00 bits per heavy atom. The Morgan fingerprint density at radius 3 is 2.82 bits per heavy atom. The number of nitrogens with one attached hydrogen (secondary N) is 1. The van der Waals surface area contributed by atoms with Crippen LogP contribution in [0.3, 0.4) is 0 Å². The Kier molecular flexibility index (Phi) is 3.74. The van der Waals surface area contributed by atoms with Crippen LogP contribution in [-0.2, 0) is 0 Å². The Bertz CT molecular complexity index is 843. The molecule has 0 radical (unpaired) electrons. The van der Waals surface area contributed by atoms with Crippen molar-refractivity contribution in [3.8, 4) is 5.75 Å². The molecule has 3 aromatic rings. The van der Waals surface area contributed by atoms with Gasteiger partial charge in [0.15, 0.2) is 0 Å². The van der Waals surface area contributed by atoms with Gasteiger partial charge < -0.3 is 10.1 Å². The first-order chi connectivity index (χ1) is 10.7. The van der Waals surface area contributed by atoms with E-state index in [4.69, 9.17) is 4.74 Å². The summed E-state index contributed by atoms with van der Waals surface area (Å²) >= 11 is 0. The number of pyridine rings is 1. The van der Waals surface area contributed by atoms with E-state index in [0.29, 0.717) is 11.3 Å². The topological polar surface area (TPSA) is 51.2 Å². The minimum Gasteiger partial charge on any atom is -0.497 e. The average molecular weight is 292 g/mol. The standard InChI is InChI=1S/C18H16N2O2/c1-12-6-7-16-15(10-12)17(8-9-19-16)20-18(21)13-4-3-5-14(11-13)22-2/h3-11H,1-2H3,(H,19,20,21). The molecule has 0 fully saturated rings. The Balaban J connectivity index is 1.95. The number of amides is 1. The number of carbonyl (C=O) groups is 1. The molecule has 4 nitrogen and oxygen atoms in total. The zero-order valence-corrected chi connectivity index (χ0v) is 12.5. The Hall–Kier alpha value is -2.88. The summed E-state index contributed by atoms with van der Waals surface area (Å²) in [6.45, 7) is 2.01. The third-order valence-electron chi connectivity index (χ3n) is 3.48. The monoisotopic (exact) mass is 292 g/mol. The summed E-state index contributed by atoms with van der Waals surface area (Å²) in [4.78, 5) is 16.7. The molecule has 0 atom stereocenters. The zero-order valence-electron chi connectivity index (χ0n) is 12.5. The first-order valence-corrected chi connectivity index (χ1v) is 6.98. The van der Waals surface area contributed by atoms with Gasteiger partial charge in [-0.05, 0) is 43.3 Å². The van der Waals surface area contributed by atoms with E-state index in [2.05, 4.69) is 10.3 Å². The summed E-state index contributed by atoms with van der Waals surface area (Å²) in [6.07, 6.45) is 1.69. The highest BCUT2D eigenvalue weighted by molar-refractivity contribution is 6.08. The molecular formula is C18H16N2O2. The van der Waals surface area contributed by atoms with Crippen molar-refractivity contribution in [1.29, 1.82) is 0 Å². The number of fused-ring (bicyclic) bond motifs is 1. The van der Waals surface area contributed by atoms with Crippen molar-refractivity contribution in [3.63, 3.8) is 0 Å². The van der Waals surface area contributed by atoms with E-state index in [1.54, 1.807) is 37.6 Å². The molecule has 2 aromatic carbocycles. The van der Waals surface area contributed by atoms with Gasteiger partial charge in [0, 0.05) is 17.1 Å². The first-order valence-electron chi connectivity index (χ1n) is 6.98. The van der Waals surface area contributed by atoms with Crippen LogP contribution in [0, 0.1) is 6.92 Å². The number of benzene rings is 2. The first kappa shape index (κ1) is 14.1. The fourth-order valence-electron chi connectivity index (χ4n) is 2.33. The molecule has 1 aromatic heterocycles. The Labute approximate surface area is 128 Å². The van der Waals surface area contributed by atoms with Gasteiger partial charge in [-0.2, -0.15) is 0 Å². The van der Waals surface area contributed by atoms with E-state index in [0.717, 1.165) is 22.2 Å². The van der Waals surface area contributed by atoms with Crippen LogP contribution in [-0.4, -0.2) is 18.0 Å². The molecule has 0 bridgehead atoms. The van der Waals surface area contributed by atoms with Crippen molar-refractivity contribution in [3.05, 3.63) is 65.9 Å². The summed E-state index contributed by atoms with van der Waals surface area (Å²) in [5.74, 6) is 0.482. The fourth-order valence-corrected chi connectivity index (χ4v) is 2.33. The molecule has 3 rings (SSSR count). The van der Waals surface area contributed by atoms with E-state index in [1.807, 2.05) is 31.2 Å². The predicted molar refractivity (Wildman–Crippen MR) is 87.4 cm³/mol. The van der Waals surface area contributed by atoms with Gasteiger partial charge in [-0.3, -0.25) is 9.78 Å². The summed E-state index contributed by atoms with van der Waals surface area (Å²) < 4.78 is 5.15. The fraction of sp³-hybridized carbons (Fsp3) is 0.111. The number of ether oxygens (including phenoxy) is 1. The predicted octanol–water partition coefficient (Wildman–Crippen LogP) is 3.80. The van der Waals surface area contributed by atoms with Gasteiger partial charge in [-0.15, -0.1) is 0 Å². The molecule has 0 aliphatic rings. The van der Waals surface area contributed by atoms with Crippen LogP contribution in [0.4, 0.5) is 5.69 Å². The maximum absolute atomic E-state index is 12.4. The highest BCUT2D eigenvalue weighted by Gasteiger charge is 2.09. The van der Waals surface area contributed by atoms with Gasteiger partial charge in [0.1, 0.15) is 5.75 Å². The second-order valence-electron chi connectivity index (χ2n) is 5.07. The van der Waals surface area contributed by atoms with Gasteiger partial charge in [0.05, 0.1) is 18.3 Å². The summed E-state index contributed by atoms with van der Waals surface area (Å²) in [5.41, 5.74) is 3.28. The van der Waals surface area contributed by atoms with Crippen LogP contribution >= 0.6 is 0 Å². The van der Waals surface area contributed by atoms with E-state index in [1.165, 1.54) is 0 Å². The number of hydrogen-bond donors (Lipinski definition) is 1. The zero-order chi connectivity index (χ0) is 15.5. The molecule has 0 aliphatic carbocycles. The molecule has 1 N–H and O–H groups in total. The summed E-state index contributed by atoms with van der Waals surface area (Å²) in [5, 5.41) is 3.87. The SMILES string of the molecule is COc1cccc(C(=O)Nc2ccnc3ccc(C)cc23)c1. The number of carbonyl (C=O) groups excluding carboxylic acids is 1. The van der Waals surface area contributed by atoms with Crippen LogP contribution in [0.2, 0.25) is 0 Å². The van der Waals surface area contributed by atoms with Gasteiger partial charge in [0.25, 0.3) is 5.91 Å². The smallest absolute Gasteiger partial charge is 0.255 e. The van der Waals surface area contributed by atoms with E-state index in [9.17, 15) is 4.79 Å². The van der Waals surface area contributed by atoms with Crippen molar-refractivity contribution < 1.29 is 9.53 Å². The minimum atomic E-state index is -0.173. The van der Waals surface area contributed by atoms with E-state index < -0.39 is 0 Å². The number of aromatic nitrogens is 1. The van der Waals surface area contributed by atoms with Crippen LogP contribution < -0.4 is 10.1 Å². The molecule has 110 valence electrons. The van der Waals surface area contributed by atoms with Gasteiger partial charge in [-0.25, -0.2) is 0 Å². The Morgan fingerprint density at radius 1 is 1.14 bits per heavy atom. The van der Waals surface area contributed by atoms with Crippen LogP contribution in [0.1, 0.15) is 15.9 Å². The maximum atomic E-state index is 12.4. The van der Waals surface area contributed by atoms with Gasteiger partial charge >= 0.3 is 0 Å². The van der Waals surface area contributed by atoms with Crippen LogP contribution in [0.25, 0.3) is 10.9 Å². The lowest BCUT2D eigenvalue weighted by molar-refractivity contribution is 0.102. The normalized spacial score (nSPS) is 10.5. The van der Waals surface area contributed by atoms with Crippen molar-refractivity contribution >= 4 is 22.5 Å². The lowest BCUT2D eigenvalue weighted by Gasteiger charge is -2.09. The van der Waals surface area contributed by atoms with E-state index in [-0.39, 0.29) is 5.91 Å². The van der Waals surface area contributed by atoms with Gasteiger partial charge in [0.2, 0.25) is 0 Å². The molecule has 1 amide bonds. The highest BCUT2D eigenvalue weighted by atomic mass is 16.5. The third-order valence-corrected chi connectivity index (χ3v) is 3.48. The maximum Gasteiger partial charge on any atom is 0.255 e. The van der Waals surface area contributed by atoms with Crippen molar-refractivity contribution in [2.75, 3.05) is 12.4 Å². The number of aryl methyl sites for hydroxylation is 1. The second-order valence-corrected chi connectivity index (χ2v) is 5.07. The lowest BCUT2D eigenvalue weighted by atomic mass is 10.1. The molecule has 22 heavy (non-hydrogen) atoms. The molecule has 0 saturated heterocycles. The number of rotatable bonds is 3. The average Bonchev–Trinajstić information content (AvgIpc) is 2.55. The highest BCUT2D eigenvalue weighted by Crippen LogP contribution is 2.23. The summed E-state index contributed by atoms with van der Waals surface area (Å²) in [7, 11) is 1.58. The third kappa shape index (κ3) is 2.76. The van der Waals surface area contributed by atoms with Crippen molar-refractivity contribution in [2.45, 2.75) is 6.92 Å². The lowest BCUT2D eigenvalue weighted by Crippen LogP contribution is -2.12. The number of methoxy groups -OCH3 is 1. The van der Waals surface area contributed by atoms with Crippen molar-refractivity contribution in [1.82, 2.24) is 4.98 Å². The number of anilines is 1. The molecule has 1 heterocycles. The quantitative estimate of drug-likeness (QED) is 0.798. The second kappa shape index (κ2) is 5.85. The molecule has 0 spiro atoms. The largest absolute Gasteiger partial charge is 0.497 e. The molecule has 4 heteroatoms. The van der Waals surface area contributed by atoms with Crippen molar-refractivity contribution in [2.24, 2.45) is 0 Å². The van der Waals surface area contributed by atoms with E-state index >= 15 is 0 Å². The number of nitrogens with zero attached hydrogens (tertiary/aromatic N) is 1. The molecular weight excluding hydrogens is 276 g/mol. The van der Waals surface area contributed by atoms with Gasteiger partial charge in [-0.1, -0.05) is 17.7 Å². The number of hydrogen-bond acceptors (Lipinski definition) is 3. The van der Waals surface area contributed by atoms with Crippen LogP contribution in [0.15, 0.2) is 54.7 Å². The molecule has 0 aliphatic heterocycles. The summed E-state index contributed by atoms with van der Waals surface area (Å²) in [6, 6.07) is 14.8. The molecule has 0 unspecified atom stereocenters. The van der Waals surface area contributed by atoms with Crippen LogP contribution in [0.5, 0.6) is 5.75 Å². The minimum absolute atomic E-state index is 0.173. The molecule has 0 saturated carbocycles.